The number of morpholine rings is 1. The lowest BCUT2D eigenvalue weighted by Gasteiger charge is -2.25. The SMILES string of the molecule is O=S(=O)(c1ccc(NCc2ccnc(-n3cccn3)c2)nc1)N1CCOCC1. The molecule has 10 heteroatoms. The van der Waals surface area contributed by atoms with Crippen molar-refractivity contribution in [2.24, 2.45) is 0 Å². The van der Waals surface area contributed by atoms with Crippen molar-refractivity contribution in [3.05, 3.63) is 60.7 Å². The van der Waals surface area contributed by atoms with Crippen LogP contribution in [0.1, 0.15) is 5.56 Å². The van der Waals surface area contributed by atoms with Crippen LogP contribution < -0.4 is 5.32 Å². The van der Waals surface area contributed by atoms with Crippen LogP contribution in [-0.4, -0.2) is 58.8 Å². The van der Waals surface area contributed by atoms with Crippen LogP contribution in [0.4, 0.5) is 5.82 Å². The third kappa shape index (κ3) is 4.03. The summed E-state index contributed by atoms with van der Waals surface area (Å²) in [4.78, 5) is 8.73. The van der Waals surface area contributed by atoms with Gasteiger partial charge in [-0.1, -0.05) is 0 Å². The molecule has 0 bridgehead atoms. The minimum Gasteiger partial charge on any atom is -0.379 e. The molecule has 1 fully saturated rings. The van der Waals surface area contributed by atoms with E-state index < -0.39 is 10.0 Å². The van der Waals surface area contributed by atoms with Gasteiger partial charge in [-0.05, 0) is 35.9 Å². The molecule has 0 atom stereocenters. The maximum absolute atomic E-state index is 12.6. The summed E-state index contributed by atoms with van der Waals surface area (Å²) in [5, 5.41) is 7.36. The van der Waals surface area contributed by atoms with E-state index in [-0.39, 0.29) is 4.90 Å². The second kappa shape index (κ2) is 8.05. The van der Waals surface area contributed by atoms with E-state index in [1.807, 2.05) is 24.4 Å². The van der Waals surface area contributed by atoms with E-state index in [9.17, 15) is 8.42 Å². The smallest absolute Gasteiger partial charge is 0.244 e. The third-order valence-corrected chi connectivity index (χ3v) is 6.25. The van der Waals surface area contributed by atoms with Gasteiger partial charge >= 0.3 is 0 Å². The Hall–Kier alpha value is -2.82. The van der Waals surface area contributed by atoms with Crippen LogP contribution in [0.5, 0.6) is 0 Å². The van der Waals surface area contributed by atoms with Gasteiger partial charge in [0.15, 0.2) is 5.82 Å². The number of pyridine rings is 2. The predicted molar refractivity (Wildman–Crippen MR) is 103 cm³/mol. The van der Waals surface area contributed by atoms with E-state index >= 15 is 0 Å². The number of anilines is 1. The first-order valence-corrected chi connectivity index (χ1v) is 10.3. The standard InChI is InChI=1S/C18H20N6O3S/c25-28(26,23-8-10-27-11-9-23)16-2-3-17(21-14-16)20-13-15-4-6-19-18(12-15)24-7-1-5-22-24/h1-7,12,14H,8-11,13H2,(H,20,21). The Bertz CT molecular complexity index is 1020. The number of nitrogens with one attached hydrogen (secondary N) is 1. The molecule has 146 valence electrons. The monoisotopic (exact) mass is 400 g/mol. The van der Waals surface area contributed by atoms with Crippen LogP contribution in [-0.2, 0) is 21.3 Å². The van der Waals surface area contributed by atoms with E-state index in [2.05, 4.69) is 20.4 Å². The molecule has 3 aromatic heterocycles. The largest absolute Gasteiger partial charge is 0.379 e. The molecule has 0 amide bonds. The Morgan fingerprint density at radius 3 is 2.68 bits per heavy atom. The Balaban J connectivity index is 1.42. The van der Waals surface area contributed by atoms with Crippen molar-refractivity contribution in [3.63, 3.8) is 0 Å². The van der Waals surface area contributed by atoms with Crippen LogP contribution in [0.15, 0.2) is 60.0 Å². The Labute approximate surface area is 163 Å². The predicted octanol–water partition coefficient (Wildman–Crippen LogP) is 1.30. The lowest BCUT2D eigenvalue weighted by atomic mass is 10.2. The highest BCUT2D eigenvalue weighted by atomic mass is 32.2. The third-order valence-electron chi connectivity index (χ3n) is 4.37. The highest BCUT2D eigenvalue weighted by Gasteiger charge is 2.26. The molecule has 0 radical (unpaired) electrons. The van der Waals surface area contributed by atoms with Gasteiger partial charge in [-0.3, -0.25) is 0 Å². The fourth-order valence-corrected chi connectivity index (χ4v) is 4.22. The number of sulfonamides is 1. The summed E-state index contributed by atoms with van der Waals surface area (Å²) in [7, 11) is -3.53. The van der Waals surface area contributed by atoms with Crippen LogP contribution in [0, 0.1) is 0 Å². The Morgan fingerprint density at radius 1 is 1.11 bits per heavy atom. The number of rotatable bonds is 6. The molecule has 1 aliphatic heterocycles. The summed E-state index contributed by atoms with van der Waals surface area (Å²) in [6.45, 7) is 2.09. The summed E-state index contributed by atoms with van der Waals surface area (Å²) in [6, 6.07) is 8.91. The van der Waals surface area contributed by atoms with E-state index in [0.29, 0.717) is 38.7 Å². The summed E-state index contributed by atoms with van der Waals surface area (Å²) in [6.07, 6.45) is 6.63. The van der Waals surface area contributed by atoms with Crippen LogP contribution in [0.2, 0.25) is 0 Å². The van der Waals surface area contributed by atoms with Crippen LogP contribution in [0.3, 0.4) is 0 Å². The van der Waals surface area contributed by atoms with E-state index in [1.165, 1.54) is 10.5 Å². The lowest BCUT2D eigenvalue weighted by molar-refractivity contribution is 0.0730. The zero-order chi connectivity index (χ0) is 19.4. The van der Waals surface area contributed by atoms with Gasteiger partial charge in [-0.2, -0.15) is 9.40 Å². The highest BCUT2D eigenvalue weighted by molar-refractivity contribution is 7.89. The van der Waals surface area contributed by atoms with Gasteiger partial charge in [0, 0.05) is 44.4 Å². The molecule has 1 aliphatic rings. The van der Waals surface area contributed by atoms with Crippen molar-refractivity contribution in [1.29, 1.82) is 0 Å². The normalized spacial score (nSPS) is 15.4. The second-order valence-corrected chi connectivity index (χ2v) is 8.16. The maximum Gasteiger partial charge on any atom is 0.244 e. The molecular weight excluding hydrogens is 380 g/mol. The summed E-state index contributed by atoms with van der Waals surface area (Å²) < 4.78 is 33.6. The molecule has 0 aliphatic carbocycles. The molecule has 3 aromatic rings. The first-order chi connectivity index (χ1) is 13.6. The molecule has 4 heterocycles. The summed E-state index contributed by atoms with van der Waals surface area (Å²) in [5.41, 5.74) is 1.01. The molecular formula is C18H20N6O3S. The number of nitrogens with zero attached hydrogens (tertiary/aromatic N) is 5. The van der Waals surface area contributed by atoms with Crippen molar-refractivity contribution in [2.45, 2.75) is 11.4 Å². The van der Waals surface area contributed by atoms with Crippen molar-refractivity contribution < 1.29 is 13.2 Å². The topological polar surface area (TPSA) is 102 Å². The molecule has 1 saturated heterocycles. The van der Waals surface area contributed by atoms with Gasteiger partial charge in [-0.15, -0.1) is 0 Å². The highest BCUT2D eigenvalue weighted by Crippen LogP contribution is 2.18. The Kier molecular flexibility index (Phi) is 5.33. The molecule has 0 saturated carbocycles. The van der Waals surface area contributed by atoms with E-state index in [1.54, 1.807) is 29.2 Å². The number of ether oxygens (including phenoxy) is 1. The average Bonchev–Trinajstić information content (AvgIpc) is 3.28. The first-order valence-electron chi connectivity index (χ1n) is 8.86. The van der Waals surface area contributed by atoms with Crippen molar-refractivity contribution >= 4 is 15.8 Å². The van der Waals surface area contributed by atoms with E-state index in [0.717, 1.165) is 11.4 Å². The van der Waals surface area contributed by atoms with Gasteiger partial charge in [0.2, 0.25) is 10.0 Å². The lowest BCUT2D eigenvalue weighted by Crippen LogP contribution is -2.40. The number of hydrogen-bond acceptors (Lipinski definition) is 7. The number of hydrogen-bond donors (Lipinski definition) is 1. The fourth-order valence-electron chi connectivity index (χ4n) is 2.87. The molecule has 28 heavy (non-hydrogen) atoms. The maximum atomic E-state index is 12.6. The van der Waals surface area contributed by atoms with Gasteiger partial charge in [0.1, 0.15) is 10.7 Å². The first kappa shape index (κ1) is 18.5. The van der Waals surface area contributed by atoms with Crippen molar-refractivity contribution in [1.82, 2.24) is 24.1 Å². The molecule has 0 unspecified atom stereocenters. The molecule has 1 N–H and O–H groups in total. The minimum absolute atomic E-state index is 0.185. The van der Waals surface area contributed by atoms with Gasteiger partial charge < -0.3 is 10.1 Å². The van der Waals surface area contributed by atoms with Crippen LogP contribution >= 0.6 is 0 Å². The van der Waals surface area contributed by atoms with E-state index in [4.69, 9.17) is 4.74 Å². The minimum atomic E-state index is -3.53. The van der Waals surface area contributed by atoms with Gasteiger partial charge in [0.05, 0.1) is 13.2 Å². The van der Waals surface area contributed by atoms with Gasteiger partial charge in [-0.25, -0.2) is 23.1 Å². The fraction of sp³-hybridized carbons (Fsp3) is 0.278. The molecule has 0 aromatic carbocycles. The molecule has 4 rings (SSSR count). The van der Waals surface area contributed by atoms with Crippen molar-refractivity contribution in [2.75, 3.05) is 31.6 Å². The zero-order valence-electron chi connectivity index (χ0n) is 15.1. The zero-order valence-corrected chi connectivity index (χ0v) is 15.9. The quantitative estimate of drug-likeness (QED) is 0.665. The Morgan fingerprint density at radius 2 is 1.96 bits per heavy atom. The molecule has 9 nitrogen and oxygen atoms in total. The van der Waals surface area contributed by atoms with Gasteiger partial charge in [0.25, 0.3) is 0 Å². The van der Waals surface area contributed by atoms with Crippen LogP contribution in [0.25, 0.3) is 5.82 Å². The summed E-state index contributed by atoms with van der Waals surface area (Å²) >= 11 is 0. The summed E-state index contributed by atoms with van der Waals surface area (Å²) in [5.74, 6) is 1.32. The number of aromatic nitrogens is 4. The average molecular weight is 400 g/mol. The van der Waals surface area contributed by atoms with Crippen molar-refractivity contribution in [3.8, 4) is 5.82 Å². The molecule has 0 spiro atoms. The second-order valence-electron chi connectivity index (χ2n) is 6.22.